The summed E-state index contributed by atoms with van der Waals surface area (Å²) in [6.45, 7) is 2.43. The number of fused-ring (bicyclic) bond motifs is 4. The molecule has 3 aromatic heterocycles. The van der Waals surface area contributed by atoms with Gasteiger partial charge in [-0.1, -0.05) is 19.4 Å². The first-order chi connectivity index (χ1) is 18.8. The fraction of sp³-hybridized carbons (Fsp3) is 0.276. The highest BCUT2D eigenvalue weighted by Gasteiger charge is 2.27. The number of hydrogen-bond donors (Lipinski definition) is 1. The Labute approximate surface area is 223 Å². The number of nitrogens with one attached hydrogen (secondary N) is 1. The van der Waals surface area contributed by atoms with Crippen LogP contribution in [0.2, 0.25) is 0 Å². The second-order valence-corrected chi connectivity index (χ2v) is 11.3. The predicted octanol–water partition coefficient (Wildman–Crippen LogP) is 6.13. The Morgan fingerprint density at radius 1 is 1.18 bits per heavy atom. The number of hydrogen-bond acceptors (Lipinski definition) is 6. The van der Waals surface area contributed by atoms with Gasteiger partial charge in [0.15, 0.2) is 5.43 Å². The van der Waals surface area contributed by atoms with E-state index in [0.717, 1.165) is 43.7 Å². The van der Waals surface area contributed by atoms with Crippen molar-refractivity contribution >= 4 is 43.1 Å². The van der Waals surface area contributed by atoms with Crippen molar-refractivity contribution in [1.29, 1.82) is 5.26 Å². The number of nitrogens with zero attached hydrogens (tertiary/aromatic N) is 3. The fourth-order valence-electron chi connectivity index (χ4n) is 5.26. The largest absolute Gasteiger partial charge is 0.493 e. The molecule has 3 heterocycles. The van der Waals surface area contributed by atoms with E-state index < -0.39 is 15.1 Å². The van der Waals surface area contributed by atoms with Gasteiger partial charge in [-0.15, -0.1) is 3.89 Å². The molecule has 6 rings (SSSR count). The standard InChI is InChI=1S/C29H25FN4O4S/c1-2-3-9-38-26-13-23-25(12-22(26)18-11-20(16-32-15-18)39(30,36)37)34(19-5-4-6-19)29-27(28(23)35)21-8-7-17(14-31)10-24(21)33-29/h7-8,10-13,15-16,19,33H,2-6,9H2,1H3. The number of nitriles is 1. The highest BCUT2D eigenvalue weighted by molar-refractivity contribution is 7.86. The zero-order valence-corrected chi connectivity index (χ0v) is 22.0. The zero-order valence-electron chi connectivity index (χ0n) is 21.2. The third kappa shape index (κ3) is 4.23. The molecule has 2 aromatic carbocycles. The Balaban J connectivity index is 1.70. The topological polar surface area (TPSA) is 118 Å². The van der Waals surface area contributed by atoms with Crippen molar-refractivity contribution in [3.63, 3.8) is 0 Å². The van der Waals surface area contributed by atoms with Crippen LogP contribution in [0, 0.1) is 11.3 Å². The van der Waals surface area contributed by atoms with Gasteiger partial charge in [-0.05, 0) is 56.0 Å². The molecule has 5 aromatic rings. The van der Waals surface area contributed by atoms with E-state index in [1.54, 1.807) is 24.3 Å². The third-order valence-corrected chi connectivity index (χ3v) is 8.27. The lowest BCUT2D eigenvalue weighted by Crippen LogP contribution is -2.21. The molecule has 0 aliphatic heterocycles. The predicted molar refractivity (Wildman–Crippen MR) is 147 cm³/mol. The molecule has 1 aliphatic rings. The van der Waals surface area contributed by atoms with E-state index in [9.17, 15) is 22.4 Å². The van der Waals surface area contributed by atoms with Crippen LogP contribution in [0.5, 0.6) is 5.75 Å². The molecule has 0 spiro atoms. The SMILES string of the molecule is CCCCOc1cc2c(=O)c3c4ccc(C#N)cc4[nH]c3n(C3CCC3)c2cc1-c1cncc(S(=O)(=O)F)c1. The summed E-state index contributed by atoms with van der Waals surface area (Å²) in [6, 6.07) is 12.3. The Bertz CT molecular complexity index is 1980. The molecule has 1 aliphatic carbocycles. The lowest BCUT2D eigenvalue weighted by molar-refractivity contribution is 0.310. The van der Waals surface area contributed by atoms with Gasteiger partial charge < -0.3 is 14.3 Å². The maximum Gasteiger partial charge on any atom is 0.333 e. The summed E-state index contributed by atoms with van der Waals surface area (Å²) in [4.78, 5) is 20.8. The van der Waals surface area contributed by atoms with Crippen LogP contribution in [0.1, 0.15) is 50.6 Å². The summed E-state index contributed by atoms with van der Waals surface area (Å²) < 4.78 is 45.4. The molecular formula is C29H25FN4O4S. The Kier molecular flexibility index (Phi) is 6.11. The first kappa shape index (κ1) is 25.1. The number of ether oxygens (including phenoxy) is 1. The molecule has 39 heavy (non-hydrogen) atoms. The number of aromatic amines is 1. The average molecular weight is 545 g/mol. The monoisotopic (exact) mass is 544 g/mol. The maximum atomic E-state index is 14.0. The molecule has 8 nitrogen and oxygen atoms in total. The van der Waals surface area contributed by atoms with Gasteiger partial charge in [0.25, 0.3) is 0 Å². The van der Waals surface area contributed by atoms with Gasteiger partial charge in [0.1, 0.15) is 16.3 Å². The molecular weight excluding hydrogens is 519 g/mol. The van der Waals surface area contributed by atoms with E-state index in [0.29, 0.717) is 56.5 Å². The van der Waals surface area contributed by atoms with Crippen molar-refractivity contribution in [3.05, 3.63) is 64.6 Å². The summed E-state index contributed by atoms with van der Waals surface area (Å²) in [5, 5.41) is 11.1. The normalized spacial score (nSPS) is 14.1. The average Bonchev–Trinajstić information content (AvgIpc) is 3.28. The van der Waals surface area contributed by atoms with Gasteiger partial charge in [-0.25, -0.2) is 0 Å². The highest BCUT2D eigenvalue weighted by atomic mass is 32.3. The summed E-state index contributed by atoms with van der Waals surface area (Å²) in [6.07, 6.45) is 7.04. The number of halogens is 1. The molecule has 0 amide bonds. The van der Waals surface area contributed by atoms with E-state index in [1.165, 1.54) is 12.3 Å². The van der Waals surface area contributed by atoms with Crippen LogP contribution in [0.25, 0.3) is 44.0 Å². The van der Waals surface area contributed by atoms with E-state index in [-0.39, 0.29) is 11.5 Å². The first-order valence-corrected chi connectivity index (χ1v) is 14.3. The van der Waals surface area contributed by atoms with Crippen LogP contribution in [0.4, 0.5) is 3.89 Å². The number of benzene rings is 2. The molecule has 1 fully saturated rings. The quantitative estimate of drug-likeness (QED) is 0.194. The summed E-state index contributed by atoms with van der Waals surface area (Å²) >= 11 is 0. The fourth-order valence-corrected chi connectivity index (χ4v) is 5.72. The molecule has 198 valence electrons. The molecule has 0 bridgehead atoms. The van der Waals surface area contributed by atoms with Gasteiger partial charge in [0.05, 0.1) is 34.5 Å². The second kappa shape index (κ2) is 9.50. The van der Waals surface area contributed by atoms with Crippen LogP contribution in [0.3, 0.4) is 0 Å². The van der Waals surface area contributed by atoms with Crippen LogP contribution in [-0.2, 0) is 10.2 Å². The minimum absolute atomic E-state index is 0.148. The van der Waals surface area contributed by atoms with Gasteiger partial charge in [0, 0.05) is 40.5 Å². The Hall–Kier alpha value is -4.23. The smallest absolute Gasteiger partial charge is 0.333 e. The molecule has 0 saturated heterocycles. The summed E-state index contributed by atoms with van der Waals surface area (Å²) in [5.74, 6) is 0.398. The maximum absolute atomic E-state index is 14.0. The molecule has 0 radical (unpaired) electrons. The van der Waals surface area contributed by atoms with Crippen molar-refractivity contribution in [2.75, 3.05) is 6.61 Å². The number of unbranched alkanes of at least 4 members (excludes halogenated alkanes) is 1. The Morgan fingerprint density at radius 2 is 2.00 bits per heavy atom. The lowest BCUT2D eigenvalue weighted by atomic mass is 9.91. The molecule has 10 heteroatoms. The van der Waals surface area contributed by atoms with Crippen molar-refractivity contribution in [3.8, 4) is 22.9 Å². The summed E-state index contributed by atoms with van der Waals surface area (Å²) in [7, 11) is -4.97. The molecule has 1 saturated carbocycles. The van der Waals surface area contributed by atoms with Crippen LogP contribution >= 0.6 is 0 Å². The molecule has 0 unspecified atom stereocenters. The van der Waals surface area contributed by atoms with Gasteiger partial charge in [-0.2, -0.15) is 13.7 Å². The van der Waals surface area contributed by atoms with Crippen molar-refractivity contribution in [2.45, 2.75) is 50.0 Å². The minimum Gasteiger partial charge on any atom is -0.493 e. The Morgan fingerprint density at radius 3 is 2.69 bits per heavy atom. The van der Waals surface area contributed by atoms with Crippen LogP contribution < -0.4 is 10.2 Å². The molecule has 1 N–H and O–H groups in total. The zero-order chi connectivity index (χ0) is 27.3. The number of aromatic nitrogens is 3. The van der Waals surface area contributed by atoms with Crippen molar-refractivity contribution in [2.24, 2.45) is 0 Å². The lowest BCUT2D eigenvalue weighted by Gasteiger charge is -2.31. The van der Waals surface area contributed by atoms with E-state index >= 15 is 0 Å². The van der Waals surface area contributed by atoms with E-state index in [2.05, 4.69) is 20.6 Å². The summed E-state index contributed by atoms with van der Waals surface area (Å²) in [5.41, 5.74) is 3.24. The number of pyridine rings is 2. The van der Waals surface area contributed by atoms with Gasteiger partial charge >= 0.3 is 10.2 Å². The number of rotatable bonds is 7. The van der Waals surface area contributed by atoms with E-state index in [1.807, 2.05) is 13.0 Å². The van der Waals surface area contributed by atoms with Gasteiger partial charge in [0.2, 0.25) is 0 Å². The molecule has 0 atom stereocenters. The number of H-pyrrole nitrogens is 1. The second-order valence-electron chi connectivity index (χ2n) is 9.92. The highest BCUT2D eigenvalue weighted by Crippen LogP contribution is 2.41. The first-order valence-electron chi connectivity index (χ1n) is 12.9. The third-order valence-electron chi connectivity index (χ3n) is 7.48. The van der Waals surface area contributed by atoms with Crippen LogP contribution in [-0.4, -0.2) is 29.6 Å². The van der Waals surface area contributed by atoms with Gasteiger partial charge in [-0.3, -0.25) is 9.78 Å². The minimum atomic E-state index is -4.97. The van der Waals surface area contributed by atoms with Crippen LogP contribution in [0.15, 0.2) is 58.5 Å². The van der Waals surface area contributed by atoms with Crippen molar-refractivity contribution < 1.29 is 17.0 Å². The van der Waals surface area contributed by atoms with E-state index in [4.69, 9.17) is 4.74 Å². The van der Waals surface area contributed by atoms with Crippen molar-refractivity contribution in [1.82, 2.24) is 14.5 Å².